The lowest BCUT2D eigenvalue weighted by Crippen LogP contribution is -2.28. The zero-order valence-electron chi connectivity index (χ0n) is 10.4. The average Bonchev–Trinajstić information content (AvgIpc) is 2.72. The van der Waals surface area contributed by atoms with E-state index in [1.54, 1.807) is 0 Å². The lowest BCUT2D eigenvalue weighted by atomic mass is 9.91. The molecule has 2 aromatic rings. The summed E-state index contributed by atoms with van der Waals surface area (Å²) in [4.78, 5) is 0. The zero-order chi connectivity index (χ0) is 11.7. The van der Waals surface area contributed by atoms with Gasteiger partial charge in [-0.25, -0.2) is 0 Å². The fourth-order valence-electron chi connectivity index (χ4n) is 2.88. The fraction of sp³-hybridized carbons (Fsp3) is 0.467. The van der Waals surface area contributed by atoms with Gasteiger partial charge in [-0.2, -0.15) is 0 Å². The highest BCUT2D eigenvalue weighted by molar-refractivity contribution is 5.80. The molecular weight excluding hydrogens is 208 g/mol. The molecular formula is C15H20N2. The third-order valence-electron chi connectivity index (χ3n) is 3.93. The summed E-state index contributed by atoms with van der Waals surface area (Å²) in [6.45, 7) is 2.39. The predicted molar refractivity (Wildman–Crippen MR) is 72.2 cm³/mol. The molecule has 90 valence electrons. The Balaban J connectivity index is 1.80. The Bertz CT molecular complexity index is 507. The molecule has 1 aliphatic rings. The molecule has 0 saturated carbocycles. The van der Waals surface area contributed by atoms with E-state index in [4.69, 9.17) is 0 Å². The highest BCUT2D eigenvalue weighted by Crippen LogP contribution is 2.22. The van der Waals surface area contributed by atoms with Crippen LogP contribution in [0.2, 0.25) is 0 Å². The molecule has 1 aliphatic heterocycles. The summed E-state index contributed by atoms with van der Waals surface area (Å²) in [5.74, 6) is 0.873. The largest absolute Gasteiger partial charge is 0.351 e. The zero-order valence-corrected chi connectivity index (χ0v) is 10.4. The minimum Gasteiger partial charge on any atom is -0.351 e. The van der Waals surface area contributed by atoms with E-state index < -0.39 is 0 Å². The number of aromatic nitrogens is 1. The Hall–Kier alpha value is -1.28. The second kappa shape index (κ2) is 4.53. The van der Waals surface area contributed by atoms with E-state index in [0.29, 0.717) is 0 Å². The maximum atomic E-state index is 3.43. The molecule has 0 aliphatic carbocycles. The van der Waals surface area contributed by atoms with Gasteiger partial charge in [-0.3, -0.25) is 0 Å². The summed E-state index contributed by atoms with van der Waals surface area (Å²) in [6, 6.07) is 9.12. The van der Waals surface area contributed by atoms with Gasteiger partial charge in [0.15, 0.2) is 0 Å². The number of hydrogen-bond donors (Lipinski definition) is 1. The Morgan fingerprint density at radius 3 is 2.88 bits per heavy atom. The Kier molecular flexibility index (Phi) is 2.89. The standard InChI is InChI=1S/C15H20N2/c1-17-9-6-14-11-13(2-3-15(14)17)10-12-4-7-16-8-5-12/h2-3,6,9,11-12,16H,4-5,7-8,10H2,1H3. The maximum Gasteiger partial charge on any atom is 0.0477 e. The summed E-state index contributed by atoms with van der Waals surface area (Å²) < 4.78 is 2.18. The molecule has 1 N–H and O–H groups in total. The average molecular weight is 228 g/mol. The number of piperidine rings is 1. The van der Waals surface area contributed by atoms with Gasteiger partial charge in [0.05, 0.1) is 0 Å². The van der Waals surface area contributed by atoms with Crippen molar-refractivity contribution in [1.82, 2.24) is 9.88 Å². The van der Waals surface area contributed by atoms with Gasteiger partial charge >= 0.3 is 0 Å². The lowest BCUT2D eigenvalue weighted by molar-refractivity contribution is 0.373. The van der Waals surface area contributed by atoms with E-state index in [1.807, 2.05) is 0 Å². The Morgan fingerprint density at radius 1 is 1.24 bits per heavy atom. The quantitative estimate of drug-likeness (QED) is 0.836. The molecule has 0 spiro atoms. The number of aryl methyl sites for hydroxylation is 1. The van der Waals surface area contributed by atoms with Crippen LogP contribution in [0.25, 0.3) is 10.9 Å². The molecule has 1 aromatic carbocycles. The maximum absolute atomic E-state index is 3.43. The van der Waals surface area contributed by atoms with Crippen LogP contribution < -0.4 is 5.32 Å². The van der Waals surface area contributed by atoms with Gasteiger partial charge in [0, 0.05) is 18.8 Å². The predicted octanol–water partition coefficient (Wildman–Crippen LogP) is 2.72. The summed E-state index contributed by atoms with van der Waals surface area (Å²) in [7, 11) is 2.11. The minimum absolute atomic E-state index is 0.873. The van der Waals surface area contributed by atoms with Crippen molar-refractivity contribution in [2.75, 3.05) is 13.1 Å². The van der Waals surface area contributed by atoms with Crippen molar-refractivity contribution in [1.29, 1.82) is 0 Å². The number of benzene rings is 1. The van der Waals surface area contributed by atoms with Gasteiger partial charge in [-0.05, 0) is 67.4 Å². The van der Waals surface area contributed by atoms with Crippen LogP contribution in [0.4, 0.5) is 0 Å². The van der Waals surface area contributed by atoms with E-state index in [2.05, 4.69) is 47.4 Å². The molecule has 17 heavy (non-hydrogen) atoms. The molecule has 0 atom stereocenters. The SMILES string of the molecule is Cn1ccc2cc(CC3CCNCC3)ccc21. The van der Waals surface area contributed by atoms with E-state index in [0.717, 1.165) is 5.92 Å². The van der Waals surface area contributed by atoms with Crippen LogP contribution in [0.3, 0.4) is 0 Å². The number of nitrogens with zero attached hydrogens (tertiary/aromatic N) is 1. The van der Waals surface area contributed by atoms with E-state index in [1.165, 1.54) is 48.8 Å². The molecule has 0 radical (unpaired) electrons. The first-order valence-electron chi connectivity index (χ1n) is 6.57. The molecule has 3 rings (SSSR count). The Morgan fingerprint density at radius 2 is 2.06 bits per heavy atom. The van der Waals surface area contributed by atoms with E-state index in [9.17, 15) is 0 Å². The van der Waals surface area contributed by atoms with Crippen molar-refractivity contribution in [2.45, 2.75) is 19.3 Å². The smallest absolute Gasteiger partial charge is 0.0477 e. The van der Waals surface area contributed by atoms with Crippen LogP contribution >= 0.6 is 0 Å². The molecule has 0 unspecified atom stereocenters. The third-order valence-corrected chi connectivity index (χ3v) is 3.93. The molecule has 2 heteroatoms. The second-order valence-electron chi connectivity index (χ2n) is 5.22. The van der Waals surface area contributed by atoms with Crippen molar-refractivity contribution in [3.63, 3.8) is 0 Å². The number of hydrogen-bond acceptors (Lipinski definition) is 1. The van der Waals surface area contributed by atoms with E-state index in [-0.39, 0.29) is 0 Å². The molecule has 1 saturated heterocycles. The molecule has 2 heterocycles. The number of nitrogens with one attached hydrogen (secondary N) is 1. The first kappa shape index (κ1) is 10.8. The van der Waals surface area contributed by atoms with Crippen LogP contribution in [-0.4, -0.2) is 17.7 Å². The minimum atomic E-state index is 0.873. The van der Waals surface area contributed by atoms with Gasteiger partial charge in [0.25, 0.3) is 0 Å². The van der Waals surface area contributed by atoms with Crippen LogP contribution in [0.1, 0.15) is 18.4 Å². The summed E-state index contributed by atoms with van der Waals surface area (Å²) in [5.41, 5.74) is 2.83. The molecule has 1 aromatic heterocycles. The van der Waals surface area contributed by atoms with Gasteiger partial charge in [-0.15, -0.1) is 0 Å². The monoisotopic (exact) mass is 228 g/mol. The van der Waals surface area contributed by atoms with Gasteiger partial charge in [0.1, 0.15) is 0 Å². The van der Waals surface area contributed by atoms with Crippen molar-refractivity contribution in [3.05, 3.63) is 36.0 Å². The lowest BCUT2D eigenvalue weighted by Gasteiger charge is -2.22. The molecule has 0 bridgehead atoms. The van der Waals surface area contributed by atoms with Crippen molar-refractivity contribution in [2.24, 2.45) is 13.0 Å². The molecule has 0 amide bonds. The first-order chi connectivity index (χ1) is 8.33. The summed E-state index contributed by atoms with van der Waals surface area (Å²) in [6.07, 6.45) is 6.03. The van der Waals surface area contributed by atoms with Gasteiger partial charge < -0.3 is 9.88 Å². The molecule has 1 fully saturated rings. The summed E-state index contributed by atoms with van der Waals surface area (Å²) >= 11 is 0. The van der Waals surface area contributed by atoms with Gasteiger partial charge in [-0.1, -0.05) is 6.07 Å². The van der Waals surface area contributed by atoms with Crippen LogP contribution in [0.15, 0.2) is 30.5 Å². The van der Waals surface area contributed by atoms with Crippen LogP contribution in [0.5, 0.6) is 0 Å². The highest BCUT2D eigenvalue weighted by atomic mass is 14.9. The number of fused-ring (bicyclic) bond motifs is 1. The topological polar surface area (TPSA) is 17.0 Å². The first-order valence-corrected chi connectivity index (χ1v) is 6.57. The summed E-state index contributed by atoms with van der Waals surface area (Å²) in [5, 5.41) is 4.80. The van der Waals surface area contributed by atoms with Crippen molar-refractivity contribution in [3.8, 4) is 0 Å². The molecule has 2 nitrogen and oxygen atoms in total. The second-order valence-corrected chi connectivity index (χ2v) is 5.22. The highest BCUT2D eigenvalue weighted by Gasteiger charge is 2.13. The van der Waals surface area contributed by atoms with Gasteiger partial charge in [0.2, 0.25) is 0 Å². The van der Waals surface area contributed by atoms with Crippen molar-refractivity contribution < 1.29 is 0 Å². The third kappa shape index (κ3) is 2.22. The van der Waals surface area contributed by atoms with Crippen LogP contribution in [-0.2, 0) is 13.5 Å². The fourth-order valence-corrected chi connectivity index (χ4v) is 2.88. The normalized spacial score (nSPS) is 17.7. The Labute approximate surface area is 103 Å². The number of rotatable bonds is 2. The van der Waals surface area contributed by atoms with Crippen LogP contribution in [0, 0.1) is 5.92 Å². The van der Waals surface area contributed by atoms with E-state index >= 15 is 0 Å². The van der Waals surface area contributed by atoms with Crippen molar-refractivity contribution >= 4 is 10.9 Å².